The second kappa shape index (κ2) is 21.4. The Hall–Kier alpha value is -8.03. The molecule has 3 aromatic carbocycles. The molecular formula is C45H55N11O9. The van der Waals surface area contributed by atoms with Crippen molar-refractivity contribution in [2.75, 3.05) is 29.2 Å². The molecule has 0 atom stereocenters. The highest BCUT2D eigenvalue weighted by atomic mass is 16.6. The molecule has 11 N–H and O–H groups in total. The lowest BCUT2D eigenvalue weighted by molar-refractivity contribution is -0.155. The molecule has 344 valence electrons. The standard InChI is InChI=1S/C24H27N7O4.C21H28N4O5/c1-13(2)30-22-23(33)31(12-20(32)28-10-14-3-5-15(6-4-14)21(26)27)19(11-29-22)16-7-17(24(34)35)9-18(25)8-16;1-12(2)24-18-19(27)25(11-17(26)30-21(3,4)5)16(10-23-18)13-7-14(20(28)29-6)9-15(22)8-13/h3-9,11,13H,10,12,25H2,1-2H3,(H3,26,27)(H,28,32)(H,29,30)(H,34,35);7-10,12H,11,22H2,1-6H3,(H,23,24). The van der Waals surface area contributed by atoms with Crippen molar-refractivity contribution in [1.82, 2.24) is 24.4 Å². The molecule has 0 aliphatic rings. The Kier molecular flexibility index (Phi) is 16.3. The number of nitrogens with two attached hydrogens (primary N) is 3. The summed E-state index contributed by atoms with van der Waals surface area (Å²) in [6.07, 6.45) is 2.85. The molecule has 5 aromatic rings. The number of amidine groups is 1. The summed E-state index contributed by atoms with van der Waals surface area (Å²) in [7, 11) is 1.26. The number of esters is 2. The van der Waals surface area contributed by atoms with E-state index in [4.69, 9.17) is 32.1 Å². The first-order valence-electron chi connectivity index (χ1n) is 20.2. The first-order chi connectivity index (χ1) is 30.5. The van der Waals surface area contributed by atoms with Crippen molar-refractivity contribution < 1.29 is 33.8 Å². The van der Waals surface area contributed by atoms with E-state index in [1.165, 1.54) is 59.0 Å². The highest BCUT2D eigenvalue weighted by molar-refractivity contribution is 5.95. The molecule has 0 fully saturated rings. The number of nitrogen functional groups attached to an aromatic ring is 3. The van der Waals surface area contributed by atoms with Gasteiger partial charge in [0.1, 0.15) is 24.5 Å². The van der Waals surface area contributed by atoms with E-state index in [1.807, 2.05) is 27.7 Å². The molecule has 0 spiro atoms. The molecule has 0 saturated heterocycles. The maximum atomic E-state index is 13.2. The van der Waals surface area contributed by atoms with Gasteiger partial charge in [-0.2, -0.15) is 0 Å². The predicted molar refractivity (Wildman–Crippen MR) is 248 cm³/mol. The van der Waals surface area contributed by atoms with Gasteiger partial charge in [-0.1, -0.05) is 24.3 Å². The molecule has 0 saturated carbocycles. The Morgan fingerprint density at radius 1 is 0.754 bits per heavy atom. The van der Waals surface area contributed by atoms with Gasteiger partial charge < -0.3 is 47.7 Å². The third-order valence-electron chi connectivity index (χ3n) is 8.89. The first-order valence-corrected chi connectivity index (χ1v) is 20.2. The number of aromatic nitrogens is 4. The summed E-state index contributed by atoms with van der Waals surface area (Å²) in [4.78, 5) is 83.4. The van der Waals surface area contributed by atoms with Crippen LogP contribution in [0.25, 0.3) is 22.5 Å². The van der Waals surface area contributed by atoms with E-state index in [9.17, 15) is 33.9 Å². The van der Waals surface area contributed by atoms with Gasteiger partial charge in [-0.3, -0.25) is 33.7 Å². The molecule has 2 heterocycles. The summed E-state index contributed by atoms with van der Waals surface area (Å²) in [5, 5.41) is 25.5. The smallest absolute Gasteiger partial charge is 0.337 e. The number of hydrogen-bond donors (Lipinski definition) is 8. The molecule has 2 aromatic heterocycles. The number of carboxylic acids is 1. The number of methoxy groups -OCH3 is 1. The zero-order chi connectivity index (χ0) is 48.3. The largest absolute Gasteiger partial charge is 0.478 e. The summed E-state index contributed by atoms with van der Waals surface area (Å²) in [6.45, 7) is 12.2. The lowest BCUT2D eigenvalue weighted by Gasteiger charge is -2.21. The molecule has 20 nitrogen and oxygen atoms in total. The number of ether oxygens (including phenoxy) is 2. The molecule has 0 aliphatic heterocycles. The van der Waals surface area contributed by atoms with Crippen molar-refractivity contribution in [2.45, 2.75) is 85.8 Å². The molecule has 0 unspecified atom stereocenters. The van der Waals surface area contributed by atoms with Gasteiger partial charge in [0.25, 0.3) is 11.1 Å². The number of carbonyl (C=O) groups excluding carboxylic acids is 3. The first kappa shape index (κ1) is 49.6. The molecule has 0 radical (unpaired) electrons. The molecular weight excluding hydrogens is 839 g/mol. The third kappa shape index (κ3) is 14.0. The van der Waals surface area contributed by atoms with Crippen molar-refractivity contribution in [1.29, 1.82) is 5.41 Å². The lowest BCUT2D eigenvalue weighted by atomic mass is 10.1. The minimum Gasteiger partial charge on any atom is -0.478 e. The Bertz CT molecular complexity index is 2700. The van der Waals surface area contributed by atoms with E-state index in [1.54, 1.807) is 51.1 Å². The van der Waals surface area contributed by atoms with Gasteiger partial charge in [0.15, 0.2) is 11.6 Å². The van der Waals surface area contributed by atoms with E-state index < -0.39 is 40.5 Å². The number of aromatic carboxylic acids is 1. The highest BCUT2D eigenvalue weighted by Gasteiger charge is 2.22. The fourth-order valence-corrected chi connectivity index (χ4v) is 6.16. The maximum Gasteiger partial charge on any atom is 0.337 e. The number of anilines is 4. The maximum absolute atomic E-state index is 13.2. The summed E-state index contributed by atoms with van der Waals surface area (Å²) in [5.74, 6) is -2.64. The minimum atomic E-state index is -1.17. The number of carboxylic acid groups (broad SMARTS) is 1. The Morgan fingerprint density at radius 2 is 1.23 bits per heavy atom. The number of amides is 1. The van der Waals surface area contributed by atoms with Gasteiger partial charge in [0.2, 0.25) is 5.91 Å². The number of benzene rings is 3. The zero-order valence-corrected chi connectivity index (χ0v) is 37.4. The summed E-state index contributed by atoms with van der Waals surface area (Å²) < 4.78 is 12.6. The van der Waals surface area contributed by atoms with Crippen molar-refractivity contribution >= 4 is 52.7 Å². The van der Waals surface area contributed by atoms with Gasteiger partial charge in [0.05, 0.1) is 42.0 Å². The molecule has 65 heavy (non-hydrogen) atoms. The summed E-state index contributed by atoms with van der Waals surface area (Å²) in [6, 6.07) is 15.5. The summed E-state index contributed by atoms with van der Waals surface area (Å²) >= 11 is 0. The third-order valence-corrected chi connectivity index (χ3v) is 8.89. The Balaban J connectivity index is 0.000000288. The molecule has 1 amide bonds. The van der Waals surface area contributed by atoms with Crippen LogP contribution in [0.3, 0.4) is 0 Å². The zero-order valence-electron chi connectivity index (χ0n) is 37.4. The van der Waals surface area contributed by atoms with Crippen molar-refractivity contribution in [3.8, 4) is 22.5 Å². The molecule has 0 aliphatic carbocycles. The Morgan fingerprint density at radius 3 is 1.68 bits per heavy atom. The number of nitrogens with one attached hydrogen (secondary N) is 4. The van der Waals surface area contributed by atoms with Crippen molar-refractivity contribution in [2.24, 2.45) is 5.73 Å². The van der Waals surface area contributed by atoms with E-state index in [0.717, 1.165) is 5.56 Å². The van der Waals surface area contributed by atoms with E-state index in [0.29, 0.717) is 28.1 Å². The SMILES string of the molecule is CC(C)Nc1ncc(-c2cc(N)cc(C(=O)O)c2)n(CC(=O)NCc2ccc(C(=N)N)cc2)c1=O.COC(=O)c1cc(N)cc(-c2cnc(NC(C)C)c(=O)n2CC(=O)OC(C)(C)C)c1. The van der Waals surface area contributed by atoms with Crippen LogP contribution in [0.15, 0.2) is 82.6 Å². The monoisotopic (exact) mass is 893 g/mol. The van der Waals surface area contributed by atoms with Crippen LogP contribution in [0.5, 0.6) is 0 Å². The van der Waals surface area contributed by atoms with Gasteiger partial charge in [-0.15, -0.1) is 0 Å². The van der Waals surface area contributed by atoms with Crippen LogP contribution in [-0.4, -0.2) is 78.7 Å². The Labute approximate surface area is 374 Å². The van der Waals surface area contributed by atoms with Crippen LogP contribution in [-0.2, 0) is 38.7 Å². The fraction of sp³-hybridized carbons (Fsp3) is 0.311. The van der Waals surface area contributed by atoms with Crippen molar-refractivity contribution in [3.05, 3.63) is 116 Å². The van der Waals surface area contributed by atoms with Crippen LogP contribution in [0.4, 0.5) is 23.0 Å². The molecule has 0 bridgehead atoms. The van der Waals surface area contributed by atoms with Crippen LogP contribution in [0.1, 0.15) is 80.3 Å². The topological polar surface area (TPSA) is 315 Å². The van der Waals surface area contributed by atoms with E-state index in [-0.39, 0.29) is 71.7 Å². The van der Waals surface area contributed by atoms with E-state index >= 15 is 0 Å². The van der Waals surface area contributed by atoms with Crippen LogP contribution < -0.4 is 44.3 Å². The van der Waals surface area contributed by atoms with Crippen LogP contribution in [0.2, 0.25) is 0 Å². The summed E-state index contributed by atoms with van der Waals surface area (Å²) in [5.41, 5.74) is 18.9. The molecule has 20 heteroatoms. The van der Waals surface area contributed by atoms with Crippen molar-refractivity contribution in [3.63, 3.8) is 0 Å². The number of nitrogens with zero attached hydrogens (tertiary/aromatic N) is 4. The second-order valence-electron chi connectivity index (χ2n) is 16.3. The number of hydrogen-bond acceptors (Lipinski definition) is 15. The van der Waals surface area contributed by atoms with Crippen LogP contribution in [0, 0.1) is 5.41 Å². The normalized spacial score (nSPS) is 11.0. The second-order valence-corrected chi connectivity index (χ2v) is 16.3. The quantitative estimate of drug-likeness (QED) is 0.0318. The predicted octanol–water partition coefficient (Wildman–Crippen LogP) is 4.05. The highest BCUT2D eigenvalue weighted by Crippen LogP contribution is 2.25. The van der Waals surface area contributed by atoms with Gasteiger partial charge >= 0.3 is 17.9 Å². The van der Waals surface area contributed by atoms with Gasteiger partial charge in [-0.25, -0.2) is 19.6 Å². The number of carbonyl (C=O) groups is 4. The minimum absolute atomic E-state index is 0.0377. The molecule has 5 rings (SSSR count). The average Bonchev–Trinajstić information content (AvgIpc) is 3.21. The average molecular weight is 894 g/mol. The van der Waals surface area contributed by atoms with Gasteiger partial charge in [0, 0.05) is 46.7 Å². The number of rotatable bonds is 15. The lowest BCUT2D eigenvalue weighted by Crippen LogP contribution is -2.35. The van der Waals surface area contributed by atoms with Gasteiger partial charge in [-0.05, 0) is 90.4 Å². The van der Waals surface area contributed by atoms with E-state index in [2.05, 4.69) is 25.9 Å². The van der Waals surface area contributed by atoms with Crippen LogP contribution >= 0.6 is 0 Å². The fourth-order valence-electron chi connectivity index (χ4n) is 6.16.